The standard InChI is InChI=1S/C7H14OS/c1-8-5-4-7-3-2-6-9-7/h7H,2-6H2,1H3. The summed E-state index contributed by atoms with van der Waals surface area (Å²) in [7, 11) is 1.78. The monoisotopic (exact) mass is 146 g/mol. The molecule has 1 heterocycles. The first-order valence-corrected chi connectivity index (χ1v) is 4.59. The maximum atomic E-state index is 4.99. The highest BCUT2D eigenvalue weighted by atomic mass is 32.2. The first-order chi connectivity index (χ1) is 4.43. The summed E-state index contributed by atoms with van der Waals surface area (Å²) >= 11 is 2.10. The summed E-state index contributed by atoms with van der Waals surface area (Å²) in [6.45, 7) is 0.942. The first-order valence-electron chi connectivity index (χ1n) is 3.54. The smallest absolute Gasteiger partial charge is 0.0472 e. The van der Waals surface area contributed by atoms with Crippen LogP contribution in [0.25, 0.3) is 0 Å². The lowest BCUT2D eigenvalue weighted by Gasteiger charge is -2.05. The van der Waals surface area contributed by atoms with Gasteiger partial charge in [0.2, 0.25) is 0 Å². The third kappa shape index (κ3) is 2.59. The van der Waals surface area contributed by atoms with E-state index < -0.39 is 0 Å². The van der Waals surface area contributed by atoms with Gasteiger partial charge in [-0.25, -0.2) is 0 Å². The molecule has 0 N–H and O–H groups in total. The van der Waals surface area contributed by atoms with E-state index in [1.807, 2.05) is 0 Å². The Labute approximate surface area is 61.2 Å². The lowest BCUT2D eigenvalue weighted by molar-refractivity contribution is 0.194. The fraction of sp³-hybridized carbons (Fsp3) is 1.00. The van der Waals surface area contributed by atoms with Gasteiger partial charge in [-0.05, 0) is 25.0 Å². The van der Waals surface area contributed by atoms with Crippen molar-refractivity contribution in [1.29, 1.82) is 0 Å². The number of methoxy groups -OCH3 is 1. The second-order valence-electron chi connectivity index (χ2n) is 2.42. The SMILES string of the molecule is COCCC1CCCS1. The molecule has 0 bridgehead atoms. The molecule has 9 heavy (non-hydrogen) atoms. The van der Waals surface area contributed by atoms with Crippen molar-refractivity contribution in [2.45, 2.75) is 24.5 Å². The van der Waals surface area contributed by atoms with E-state index in [1.54, 1.807) is 7.11 Å². The van der Waals surface area contributed by atoms with Crippen molar-refractivity contribution in [3.05, 3.63) is 0 Å². The molecule has 0 radical (unpaired) electrons. The highest BCUT2D eigenvalue weighted by Gasteiger charge is 2.14. The summed E-state index contributed by atoms with van der Waals surface area (Å²) < 4.78 is 4.99. The minimum absolute atomic E-state index is 0.907. The van der Waals surface area contributed by atoms with Crippen molar-refractivity contribution >= 4 is 11.8 Å². The van der Waals surface area contributed by atoms with E-state index in [0.29, 0.717) is 0 Å². The van der Waals surface area contributed by atoms with Crippen LogP contribution < -0.4 is 0 Å². The maximum absolute atomic E-state index is 4.99. The Morgan fingerprint density at radius 1 is 1.67 bits per heavy atom. The van der Waals surface area contributed by atoms with Gasteiger partial charge in [-0.3, -0.25) is 0 Å². The van der Waals surface area contributed by atoms with Crippen LogP contribution in [-0.4, -0.2) is 24.7 Å². The largest absolute Gasteiger partial charge is 0.385 e. The van der Waals surface area contributed by atoms with Gasteiger partial charge in [-0.1, -0.05) is 0 Å². The first kappa shape index (κ1) is 7.42. The van der Waals surface area contributed by atoms with Gasteiger partial charge in [0.05, 0.1) is 0 Å². The molecule has 0 saturated carbocycles. The van der Waals surface area contributed by atoms with E-state index in [0.717, 1.165) is 11.9 Å². The average Bonchev–Trinajstić information content (AvgIpc) is 2.34. The Morgan fingerprint density at radius 2 is 2.56 bits per heavy atom. The molecule has 0 aromatic heterocycles. The van der Waals surface area contributed by atoms with Gasteiger partial charge in [-0.2, -0.15) is 11.8 Å². The number of ether oxygens (including phenoxy) is 1. The molecule has 0 aromatic rings. The lowest BCUT2D eigenvalue weighted by Crippen LogP contribution is -2.00. The Morgan fingerprint density at radius 3 is 3.11 bits per heavy atom. The Kier molecular flexibility index (Phi) is 3.44. The van der Waals surface area contributed by atoms with Crippen molar-refractivity contribution in [2.24, 2.45) is 0 Å². The average molecular weight is 146 g/mol. The number of hydrogen-bond acceptors (Lipinski definition) is 2. The highest BCUT2D eigenvalue weighted by molar-refractivity contribution is 8.00. The highest BCUT2D eigenvalue weighted by Crippen LogP contribution is 2.28. The topological polar surface area (TPSA) is 9.23 Å². The summed E-state index contributed by atoms with van der Waals surface area (Å²) in [4.78, 5) is 0. The summed E-state index contributed by atoms with van der Waals surface area (Å²) in [5.74, 6) is 1.37. The molecule has 1 saturated heterocycles. The van der Waals surface area contributed by atoms with E-state index in [2.05, 4.69) is 11.8 Å². The van der Waals surface area contributed by atoms with Crippen molar-refractivity contribution in [2.75, 3.05) is 19.5 Å². The molecule has 0 spiro atoms. The molecular formula is C7H14OS. The van der Waals surface area contributed by atoms with Crippen molar-refractivity contribution in [3.63, 3.8) is 0 Å². The van der Waals surface area contributed by atoms with Gasteiger partial charge >= 0.3 is 0 Å². The van der Waals surface area contributed by atoms with Gasteiger partial charge in [0.25, 0.3) is 0 Å². The molecule has 1 fully saturated rings. The summed E-state index contributed by atoms with van der Waals surface area (Å²) in [5.41, 5.74) is 0. The maximum Gasteiger partial charge on any atom is 0.0472 e. The molecule has 0 amide bonds. The molecule has 1 nitrogen and oxygen atoms in total. The predicted molar refractivity (Wildman–Crippen MR) is 42.0 cm³/mol. The van der Waals surface area contributed by atoms with Crippen LogP contribution in [0.1, 0.15) is 19.3 Å². The van der Waals surface area contributed by atoms with Gasteiger partial charge in [0.15, 0.2) is 0 Å². The molecule has 2 heteroatoms. The predicted octanol–water partition coefficient (Wildman–Crippen LogP) is 1.92. The van der Waals surface area contributed by atoms with E-state index in [1.165, 1.54) is 25.0 Å². The molecule has 1 atom stereocenters. The zero-order valence-corrected chi connectivity index (χ0v) is 6.75. The van der Waals surface area contributed by atoms with Crippen LogP contribution >= 0.6 is 11.8 Å². The van der Waals surface area contributed by atoms with Crippen LogP contribution in [0.15, 0.2) is 0 Å². The van der Waals surface area contributed by atoms with Gasteiger partial charge in [0, 0.05) is 19.0 Å². The molecule has 0 aromatic carbocycles. The number of thioether (sulfide) groups is 1. The van der Waals surface area contributed by atoms with Gasteiger partial charge in [-0.15, -0.1) is 0 Å². The quantitative estimate of drug-likeness (QED) is 0.601. The second-order valence-corrected chi connectivity index (χ2v) is 3.82. The summed E-state index contributed by atoms with van der Waals surface area (Å²) in [6, 6.07) is 0. The Balaban J connectivity index is 1.98. The molecule has 1 aliphatic rings. The normalized spacial score (nSPS) is 27.0. The lowest BCUT2D eigenvalue weighted by atomic mass is 10.2. The van der Waals surface area contributed by atoms with E-state index >= 15 is 0 Å². The number of hydrogen-bond donors (Lipinski definition) is 0. The van der Waals surface area contributed by atoms with Crippen molar-refractivity contribution in [3.8, 4) is 0 Å². The fourth-order valence-corrected chi connectivity index (χ4v) is 2.38. The van der Waals surface area contributed by atoms with Gasteiger partial charge < -0.3 is 4.74 Å². The third-order valence-corrected chi connectivity index (χ3v) is 3.14. The van der Waals surface area contributed by atoms with Crippen LogP contribution in [-0.2, 0) is 4.74 Å². The van der Waals surface area contributed by atoms with Crippen LogP contribution in [0.3, 0.4) is 0 Å². The van der Waals surface area contributed by atoms with E-state index in [-0.39, 0.29) is 0 Å². The molecule has 1 rings (SSSR count). The summed E-state index contributed by atoms with van der Waals surface area (Å²) in [5, 5.41) is 0.907. The molecule has 0 aliphatic carbocycles. The van der Waals surface area contributed by atoms with Crippen LogP contribution in [0, 0.1) is 0 Å². The molecule has 1 aliphatic heterocycles. The van der Waals surface area contributed by atoms with Crippen molar-refractivity contribution in [1.82, 2.24) is 0 Å². The second kappa shape index (κ2) is 4.18. The Hall–Kier alpha value is 0.310. The Bertz CT molecular complexity index is 69.3. The zero-order chi connectivity index (χ0) is 6.53. The molecule has 1 unspecified atom stereocenters. The zero-order valence-electron chi connectivity index (χ0n) is 5.93. The van der Waals surface area contributed by atoms with E-state index in [9.17, 15) is 0 Å². The minimum atomic E-state index is 0.907. The van der Waals surface area contributed by atoms with Crippen LogP contribution in [0.4, 0.5) is 0 Å². The third-order valence-electron chi connectivity index (χ3n) is 1.67. The molecule has 54 valence electrons. The fourth-order valence-electron chi connectivity index (χ4n) is 1.12. The molecular weight excluding hydrogens is 132 g/mol. The van der Waals surface area contributed by atoms with Crippen molar-refractivity contribution < 1.29 is 4.74 Å². The van der Waals surface area contributed by atoms with Crippen LogP contribution in [0.5, 0.6) is 0 Å². The van der Waals surface area contributed by atoms with Gasteiger partial charge in [0.1, 0.15) is 0 Å². The van der Waals surface area contributed by atoms with Crippen LogP contribution in [0.2, 0.25) is 0 Å². The van der Waals surface area contributed by atoms with E-state index in [4.69, 9.17) is 4.74 Å². The number of rotatable bonds is 3. The summed E-state index contributed by atoms with van der Waals surface area (Å²) in [6.07, 6.45) is 4.08. The minimum Gasteiger partial charge on any atom is -0.385 e.